The van der Waals surface area contributed by atoms with Gasteiger partial charge in [0.1, 0.15) is 0 Å². The van der Waals surface area contributed by atoms with Crippen molar-refractivity contribution in [1.29, 1.82) is 0 Å². The van der Waals surface area contributed by atoms with E-state index in [4.69, 9.17) is 15.7 Å². The number of carbonyl (C=O) groups is 2. The molecule has 0 spiro atoms. The van der Waals surface area contributed by atoms with Crippen LogP contribution in [0.15, 0.2) is 0 Å². The van der Waals surface area contributed by atoms with Crippen LogP contribution < -0.4 is 0 Å². The van der Waals surface area contributed by atoms with Crippen molar-refractivity contribution in [1.82, 2.24) is 0 Å². The Bertz CT molecular complexity index is 158. The Morgan fingerprint density at radius 1 is 1.20 bits per heavy atom. The molecule has 0 aliphatic carbocycles. The fourth-order valence-electron chi connectivity index (χ4n) is 0.368. The van der Waals surface area contributed by atoms with Crippen molar-refractivity contribution < 1.29 is 24.5 Å². The third kappa shape index (κ3) is 4.69. The monoisotopic (exact) mass is 146 g/mol. The lowest BCUT2D eigenvalue weighted by atomic mass is 10.6. The van der Waals surface area contributed by atoms with Crippen molar-refractivity contribution in [3.8, 4) is 0 Å². The van der Waals surface area contributed by atoms with Gasteiger partial charge in [0.05, 0.1) is 0 Å². The molecule has 10 heavy (non-hydrogen) atoms. The summed E-state index contributed by atoms with van der Waals surface area (Å²) >= 11 is 0. The summed E-state index contributed by atoms with van der Waals surface area (Å²) in [6.07, 6.45) is 0. The van der Waals surface area contributed by atoms with E-state index < -0.39 is 25.0 Å². The fraction of sp³-hybridized carbons (Fsp3) is 0.500. The molecule has 0 aromatic rings. The van der Waals surface area contributed by atoms with Crippen LogP contribution >= 0.6 is 0 Å². The van der Waals surface area contributed by atoms with E-state index >= 15 is 0 Å². The van der Waals surface area contributed by atoms with Gasteiger partial charge in [0.2, 0.25) is 13.1 Å². The molecule has 2 N–H and O–H groups in total. The average Bonchev–Trinajstić information content (AvgIpc) is 1.58. The van der Waals surface area contributed by atoms with Crippen molar-refractivity contribution >= 4 is 11.9 Å². The molecule has 0 bridgehead atoms. The van der Waals surface area contributed by atoms with Crippen molar-refractivity contribution in [2.75, 3.05) is 13.1 Å². The number of aliphatic carboxylic acids is 2. The minimum atomic E-state index is -1.27. The lowest BCUT2D eigenvalue weighted by Gasteiger charge is -1.98. The molecule has 0 radical (unpaired) electrons. The van der Waals surface area contributed by atoms with E-state index in [0.717, 1.165) is 0 Å². The summed E-state index contributed by atoms with van der Waals surface area (Å²) in [6, 6.07) is 0. The maximum atomic E-state index is 9.80. The highest BCUT2D eigenvalue weighted by Gasteiger charge is 2.07. The van der Waals surface area contributed by atoms with Crippen molar-refractivity contribution in [2.45, 2.75) is 0 Å². The molecule has 56 valence electrons. The highest BCUT2D eigenvalue weighted by Crippen LogP contribution is 1.75. The first-order valence-corrected chi connectivity index (χ1v) is 2.40. The zero-order valence-electron chi connectivity index (χ0n) is 5.02. The van der Waals surface area contributed by atoms with Gasteiger partial charge in [-0.15, -0.1) is 0 Å². The Morgan fingerprint density at radius 2 is 1.50 bits per heavy atom. The van der Waals surface area contributed by atoms with Gasteiger partial charge < -0.3 is 20.4 Å². The first-order valence-electron chi connectivity index (χ1n) is 2.40. The van der Waals surface area contributed by atoms with E-state index in [1.807, 2.05) is 0 Å². The summed E-state index contributed by atoms with van der Waals surface area (Å²) in [6.45, 7) is -1.38. The molecule has 0 atom stereocenters. The lowest BCUT2D eigenvalue weighted by Crippen LogP contribution is -2.23. The third-order valence-corrected chi connectivity index (χ3v) is 0.636. The molecule has 0 aromatic heterocycles. The number of nitrogens with zero attached hydrogens (tertiary/aromatic N) is 2. The quantitative estimate of drug-likeness (QED) is 0.400. The maximum Gasteiger partial charge on any atom is 0.369 e. The van der Waals surface area contributed by atoms with Gasteiger partial charge in [0.25, 0.3) is 0 Å². The van der Waals surface area contributed by atoms with E-state index in [2.05, 4.69) is 0 Å². The van der Waals surface area contributed by atoms with Gasteiger partial charge in [0, 0.05) is 0 Å². The Labute approximate surface area is 56.2 Å². The summed E-state index contributed by atoms with van der Waals surface area (Å²) in [7, 11) is 0. The van der Waals surface area contributed by atoms with Gasteiger partial charge in [-0.25, -0.2) is 9.59 Å². The second-order valence-corrected chi connectivity index (χ2v) is 1.61. The number of rotatable bonds is 4. The van der Waals surface area contributed by atoms with Crippen LogP contribution in [0.4, 0.5) is 0 Å². The molecule has 0 saturated heterocycles. The molecule has 0 rings (SSSR count). The Hall–Kier alpha value is -1.46. The molecule has 0 aliphatic heterocycles. The minimum absolute atomic E-state index is 0.199. The molecule has 0 unspecified atom stereocenters. The Kier molecular flexibility index (Phi) is 3.03. The minimum Gasteiger partial charge on any atom is -0.506 e. The van der Waals surface area contributed by atoms with Crippen LogP contribution in [0.2, 0.25) is 0 Å². The Morgan fingerprint density at radius 3 is 1.70 bits per heavy atom. The SMILES string of the molecule is [N-]=[N+](CC(=O)O)CC(=O)O. The third-order valence-electron chi connectivity index (χ3n) is 0.636. The van der Waals surface area contributed by atoms with Gasteiger partial charge in [-0.05, 0) is 0 Å². The first-order chi connectivity index (χ1) is 4.52. The molecule has 6 nitrogen and oxygen atoms in total. The Balaban J connectivity index is 3.65. The second kappa shape index (κ2) is 3.54. The molecule has 0 fully saturated rings. The van der Waals surface area contributed by atoms with E-state index in [1.54, 1.807) is 0 Å². The first kappa shape index (κ1) is 8.54. The van der Waals surface area contributed by atoms with Crippen LogP contribution in [0.3, 0.4) is 0 Å². The highest BCUT2D eigenvalue weighted by molar-refractivity contribution is 5.69. The molecule has 0 heterocycles. The molecular formula is C4H6N2O4. The van der Waals surface area contributed by atoms with Crippen LogP contribution in [0.5, 0.6) is 0 Å². The second-order valence-electron chi connectivity index (χ2n) is 1.61. The largest absolute Gasteiger partial charge is 0.506 e. The van der Waals surface area contributed by atoms with Crippen molar-refractivity contribution in [3.05, 3.63) is 5.53 Å². The summed E-state index contributed by atoms with van der Waals surface area (Å²) in [5, 5.41) is 16.0. The number of carboxylic acids is 2. The smallest absolute Gasteiger partial charge is 0.369 e. The summed E-state index contributed by atoms with van der Waals surface area (Å²) in [5.74, 6) is -2.55. The number of hydrogen-bond acceptors (Lipinski definition) is 2. The summed E-state index contributed by atoms with van der Waals surface area (Å²) in [5.41, 5.74) is 8.46. The summed E-state index contributed by atoms with van der Waals surface area (Å²) in [4.78, 5) is 19.6. The van der Waals surface area contributed by atoms with Gasteiger partial charge in [0.15, 0.2) is 0 Å². The topological polar surface area (TPSA) is 99.9 Å². The van der Waals surface area contributed by atoms with Gasteiger partial charge >= 0.3 is 11.9 Å². The van der Waals surface area contributed by atoms with Crippen molar-refractivity contribution in [3.63, 3.8) is 0 Å². The molecular weight excluding hydrogens is 140 g/mol. The van der Waals surface area contributed by atoms with E-state index in [1.165, 1.54) is 0 Å². The van der Waals surface area contributed by atoms with E-state index in [9.17, 15) is 9.59 Å². The maximum absolute atomic E-state index is 9.80. The van der Waals surface area contributed by atoms with Gasteiger partial charge in [-0.1, -0.05) is 0 Å². The standard InChI is InChI=1S/C4H6N2O4/c5-6(1-3(7)8)2-4(9)10/h1-2H2,(H,7,8)(H,9,10). The van der Waals surface area contributed by atoms with E-state index in [-0.39, 0.29) is 4.70 Å². The van der Waals surface area contributed by atoms with Crippen LogP contribution in [0.25, 0.3) is 5.53 Å². The van der Waals surface area contributed by atoms with Crippen LogP contribution in [-0.4, -0.2) is 39.9 Å². The molecule has 0 aromatic carbocycles. The predicted molar refractivity (Wildman–Crippen MR) is 28.6 cm³/mol. The van der Waals surface area contributed by atoms with Gasteiger partial charge in [-0.3, -0.25) is 0 Å². The molecule has 0 aliphatic rings. The van der Waals surface area contributed by atoms with Crippen LogP contribution in [0.1, 0.15) is 0 Å². The van der Waals surface area contributed by atoms with Crippen LogP contribution in [0, 0.1) is 0 Å². The normalized spacial score (nSPS) is 8.80. The lowest BCUT2D eigenvalue weighted by molar-refractivity contribution is -0.529. The van der Waals surface area contributed by atoms with E-state index in [0.29, 0.717) is 0 Å². The average molecular weight is 146 g/mol. The zero-order valence-corrected chi connectivity index (χ0v) is 5.02. The highest BCUT2D eigenvalue weighted by atomic mass is 16.4. The molecule has 0 saturated carbocycles. The van der Waals surface area contributed by atoms with Crippen LogP contribution in [-0.2, 0) is 9.59 Å². The molecule has 6 heteroatoms. The fourth-order valence-corrected chi connectivity index (χ4v) is 0.368. The van der Waals surface area contributed by atoms with Gasteiger partial charge in [-0.2, -0.15) is 0 Å². The number of carboxylic acid groups (broad SMARTS) is 2. The van der Waals surface area contributed by atoms with Crippen molar-refractivity contribution in [2.24, 2.45) is 0 Å². The molecule has 0 amide bonds. The number of hydrogen-bond donors (Lipinski definition) is 2. The zero-order chi connectivity index (χ0) is 8.15. The summed E-state index contributed by atoms with van der Waals surface area (Å²) < 4.78 is 0.199. The predicted octanol–water partition coefficient (Wildman–Crippen LogP) is -0.810.